The van der Waals surface area contributed by atoms with Gasteiger partial charge in [0.1, 0.15) is 11.5 Å². The van der Waals surface area contributed by atoms with E-state index in [4.69, 9.17) is 4.42 Å². The summed E-state index contributed by atoms with van der Waals surface area (Å²) in [6.07, 6.45) is 0. The van der Waals surface area contributed by atoms with Crippen molar-refractivity contribution in [3.05, 3.63) is 182 Å². The number of hydrogen-bond acceptors (Lipinski definition) is 2. The van der Waals surface area contributed by atoms with Gasteiger partial charge >= 0.3 is 0 Å². The van der Waals surface area contributed by atoms with Crippen molar-refractivity contribution >= 4 is 74.6 Å². The van der Waals surface area contributed by atoms with Crippen LogP contribution in [0.4, 0.5) is 0 Å². The highest BCUT2D eigenvalue weighted by molar-refractivity contribution is 7.26. The molecule has 0 aliphatic carbocycles. The van der Waals surface area contributed by atoms with E-state index >= 15 is 0 Å². The van der Waals surface area contributed by atoms with Crippen molar-refractivity contribution in [1.29, 1.82) is 0 Å². The van der Waals surface area contributed by atoms with Crippen molar-refractivity contribution in [1.82, 2.24) is 0 Å². The van der Waals surface area contributed by atoms with Crippen molar-refractivity contribution in [2.24, 2.45) is 0 Å². The maximum atomic E-state index is 6.28. The van der Waals surface area contributed by atoms with Gasteiger partial charge in [-0.3, -0.25) is 0 Å². The molecule has 248 valence electrons. The summed E-state index contributed by atoms with van der Waals surface area (Å²) in [5, 5.41) is 12.6. The molecule has 0 amide bonds. The minimum absolute atomic E-state index is 0.907. The van der Waals surface area contributed by atoms with E-state index in [1.54, 1.807) is 0 Å². The minimum Gasteiger partial charge on any atom is -0.461 e. The topological polar surface area (TPSA) is 13.1 Å². The van der Waals surface area contributed by atoms with Crippen molar-refractivity contribution in [3.8, 4) is 44.7 Å². The van der Waals surface area contributed by atoms with Gasteiger partial charge in [0, 0.05) is 25.7 Å². The van der Waals surface area contributed by atoms with Gasteiger partial charge in [0.05, 0.1) is 0 Å². The van der Waals surface area contributed by atoms with Crippen molar-refractivity contribution in [3.63, 3.8) is 0 Å². The number of hydrogen-bond donors (Lipinski definition) is 0. The number of furan rings is 1. The maximum Gasteiger partial charge on any atom is 0.135 e. The molecule has 0 fully saturated rings. The zero-order valence-electron chi connectivity index (χ0n) is 29.1. The highest BCUT2D eigenvalue weighted by atomic mass is 32.1. The van der Waals surface area contributed by atoms with Crippen molar-refractivity contribution < 1.29 is 4.42 Å². The van der Waals surface area contributed by atoms with Crippen LogP contribution >= 0.6 is 11.3 Å². The molecule has 53 heavy (non-hydrogen) atoms. The molecule has 0 N–H and O–H groups in total. The molecule has 2 aromatic heterocycles. The van der Waals surface area contributed by atoms with Gasteiger partial charge in [-0.2, -0.15) is 0 Å². The van der Waals surface area contributed by atoms with Gasteiger partial charge in [0.2, 0.25) is 0 Å². The third-order valence-electron chi connectivity index (χ3n) is 11.0. The lowest BCUT2D eigenvalue weighted by Crippen LogP contribution is -1.91. The second-order valence-electron chi connectivity index (χ2n) is 14.0. The molecule has 2 heteroatoms. The van der Waals surface area contributed by atoms with Crippen LogP contribution in [0.2, 0.25) is 0 Å². The standard InChI is InChI=1S/C51H32OS/c1-31-26-29-44(52-31)50-40-22-11-9-20-38(40)49(39-21-10-12-23-41(39)50)43-24-13-25-45-51(43)42-28-27-33(30-46(42)53-45)48-36-18-7-5-16-34(36)47(32-14-3-2-4-15-32)35-17-6-8-19-37(35)48/h2-30H,1H3. The summed E-state index contributed by atoms with van der Waals surface area (Å²) >= 11 is 1.89. The third-order valence-corrected chi connectivity index (χ3v) is 12.1. The van der Waals surface area contributed by atoms with E-state index in [2.05, 4.69) is 176 Å². The first-order chi connectivity index (χ1) is 26.2. The van der Waals surface area contributed by atoms with Crippen LogP contribution in [0.5, 0.6) is 0 Å². The zero-order valence-corrected chi connectivity index (χ0v) is 29.9. The Balaban J connectivity index is 1.18. The predicted octanol–water partition coefficient (Wildman–Crippen LogP) is 15.2. The first kappa shape index (κ1) is 30.2. The summed E-state index contributed by atoms with van der Waals surface area (Å²) in [6, 6.07) is 64.4. The normalized spacial score (nSPS) is 11.9. The first-order valence-electron chi connectivity index (χ1n) is 18.2. The molecule has 0 bridgehead atoms. The lowest BCUT2D eigenvalue weighted by atomic mass is 9.85. The van der Waals surface area contributed by atoms with E-state index in [1.807, 2.05) is 18.3 Å². The van der Waals surface area contributed by atoms with Gasteiger partial charge < -0.3 is 4.42 Å². The fraction of sp³-hybridized carbons (Fsp3) is 0.0196. The van der Waals surface area contributed by atoms with E-state index in [-0.39, 0.29) is 0 Å². The van der Waals surface area contributed by atoms with Crippen LogP contribution in [-0.4, -0.2) is 0 Å². The van der Waals surface area contributed by atoms with Crippen LogP contribution < -0.4 is 0 Å². The summed E-state index contributed by atoms with van der Waals surface area (Å²) in [7, 11) is 0. The summed E-state index contributed by atoms with van der Waals surface area (Å²) < 4.78 is 8.87. The molecule has 0 saturated carbocycles. The van der Waals surface area contributed by atoms with Crippen LogP contribution in [0, 0.1) is 6.92 Å². The van der Waals surface area contributed by atoms with Gasteiger partial charge in [-0.05, 0) is 108 Å². The van der Waals surface area contributed by atoms with E-state index in [1.165, 1.54) is 96.6 Å². The second kappa shape index (κ2) is 11.8. The first-order valence-corrected chi connectivity index (χ1v) is 19.0. The average molecular weight is 693 g/mol. The summed E-state index contributed by atoms with van der Waals surface area (Å²) in [5.41, 5.74) is 8.75. The maximum absolute atomic E-state index is 6.28. The van der Waals surface area contributed by atoms with Gasteiger partial charge in [-0.25, -0.2) is 0 Å². The third kappa shape index (κ3) is 4.56. The Kier molecular flexibility index (Phi) is 6.71. The largest absolute Gasteiger partial charge is 0.461 e. The molecule has 0 saturated heterocycles. The Morgan fingerprint density at radius 1 is 0.358 bits per heavy atom. The quantitative estimate of drug-likeness (QED) is 0.167. The molecular weight excluding hydrogens is 661 g/mol. The van der Waals surface area contributed by atoms with E-state index in [9.17, 15) is 0 Å². The van der Waals surface area contributed by atoms with Gasteiger partial charge in [0.15, 0.2) is 0 Å². The minimum atomic E-state index is 0.907. The Labute approximate surface area is 311 Å². The van der Waals surface area contributed by atoms with Crippen molar-refractivity contribution in [2.75, 3.05) is 0 Å². The smallest absolute Gasteiger partial charge is 0.135 e. The number of thiophene rings is 1. The number of aryl methyl sites for hydroxylation is 1. The number of benzene rings is 9. The number of fused-ring (bicyclic) bond motifs is 7. The van der Waals surface area contributed by atoms with Crippen LogP contribution in [-0.2, 0) is 0 Å². The molecule has 0 aliphatic heterocycles. The lowest BCUT2D eigenvalue weighted by Gasteiger charge is -2.18. The highest BCUT2D eigenvalue weighted by Crippen LogP contribution is 2.49. The van der Waals surface area contributed by atoms with Gasteiger partial charge in [0.25, 0.3) is 0 Å². The SMILES string of the molecule is Cc1ccc(-c2c3ccccc3c(-c3cccc4sc5cc(-c6c7ccccc7c(-c7ccccc7)c7ccccc67)ccc5c34)c3ccccc23)o1. The molecule has 0 radical (unpaired) electrons. The Morgan fingerprint density at radius 2 is 0.868 bits per heavy atom. The zero-order chi connectivity index (χ0) is 35.0. The molecule has 0 atom stereocenters. The molecule has 0 spiro atoms. The van der Waals surface area contributed by atoms with E-state index in [0.29, 0.717) is 0 Å². The van der Waals surface area contributed by atoms with Gasteiger partial charge in [-0.1, -0.05) is 152 Å². The van der Waals surface area contributed by atoms with Gasteiger partial charge in [-0.15, -0.1) is 11.3 Å². The Bertz CT molecular complexity index is 3120. The molecule has 2 heterocycles. The van der Waals surface area contributed by atoms with Crippen molar-refractivity contribution in [2.45, 2.75) is 6.92 Å². The van der Waals surface area contributed by atoms with Crippen LogP contribution in [0.25, 0.3) is 108 Å². The molecule has 11 rings (SSSR count). The fourth-order valence-electron chi connectivity index (χ4n) is 8.80. The van der Waals surface area contributed by atoms with E-state index in [0.717, 1.165) is 17.1 Å². The highest BCUT2D eigenvalue weighted by Gasteiger charge is 2.22. The number of rotatable bonds is 4. The van der Waals surface area contributed by atoms with Crippen LogP contribution in [0.3, 0.4) is 0 Å². The molecule has 11 aromatic rings. The fourth-order valence-corrected chi connectivity index (χ4v) is 9.97. The van der Waals surface area contributed by atoms with E-state index < -0.39 is 0 Å². The second-order valence-corrected chi connectivity index (χ2v) is 15.0. The monoisotopic (exact) mass is 692 g/mol. The Hall–Kier alpha value is -6.48. The molecule has 0 aliphatic rings. The van der Waals surface area contributed by atoms with Crippen LogP contribution in [0.1, 0.15) is 5.76 Å². The summed E-state index contributed by atoms with van der Waals surface area (Å²) in [4.78, 5) is 0. The average Bonchev–Trinajstić information content (AvgIpc) is 3.82. The predicted molar refractivity (Wildman–Crippen MR) is 228 cm³/mol. The Morgan fingerprint density at radius 3 is 1.42 bits per heavy atom. The van der Waals surface area contributed by atoms with Crippen LogP contribution in [0.15, 0.2) is 180 Å². The molecule has 0 unspecified atom stereocenters. The molecular formula is C51H32OS. The molecule has 9 aromatic carbocycles. The molecule has 1 nitrogen and oxygen atoms in total. The summed E-state index contributed by atoms with van der Waals surface area (Å²) in [6.45, 7) is 2.01. The lowest BCUT2D eigenvalue weighted by molar-refractivity contribution is 0.549. The summed E-state index contributed by atoms with van der Waals surface area (Å²) in [5.74, 6) is 1.82.